The Morgan fingerprint density at radius 2 is 1.79 bits per heavy atom. The number of halogens is 1. The fourth-order valence-corrected chi connectivity index (χ4v) is 4.79. The van der Waals surface area contributed by atoms with E-state index in [1.807, 2.05) is 29.0 Å². The van der Waals surface area contributed by atoms with Gasteiger partial charge in [-0.1, -0.05) is 50.0 Å². The van der Waals surface area contributed by atoms with E-state index in [1.54, 1.807) is 6.33 Å². The van der Waals surface area contributed by atoms with Gasteiger partial charge in [-0.15, -0.1) is 0 Å². The number of ether oxygens (including phenoxy) is 1. The highest BCUT2D eigenvalue weighted by atomic mass is 35.5. The molecule has 0 aliphatic carbocycles. The molecule has 0 radical (unpaired) electrons. The van der Waals surface area contributed by atoms with Crippen LogP contribution in [-0.2, 0) is 18.0 Å². The number of benzene rings is 1. The highest BCUT2D eigenvalue weighted by molar-refractivity contribution is 6.76. The lowest BCUT2D eigenvalue weighted by Crippen LogP contribution is -2.22. The van der Waals surface area contributed by atoms with Crippen LogP contribution < -0.4 is 0 Å². The van der Waals surface area contributed by atoms with Gasteiger partial charge in [-0.05, 0) is 35.3 Å². The molecule has 1 aromatic carbocycles. The molecule has 0 saturated carbocycles. The first-order chi connectivity index (χ1) is 16.4. The maximum Gasteiger partial charge on any atom is 0.225 e. The van der Waals surface area contributed by atoms with E-state index in [4.69, 9.17) is 21.3 Å². The molecule has 0 aliphatic rings. The van der Waals surface area contributed by atoms with Crippen molar-refractivity contribution < 1.29 is 4.74 Å². The van der Waals surface area contributed by atoms with Crippen molar-refractivity contribution in [3.05, 3.63) is 72.0 Å². The standard InChI is InChI=1S/C25H27ClN6OSi/c1-34(2,3)12-11-33-17-32-16-28-22-21(29-25(26)30-24(22)32)20-13-19-9-10-31(23(19)27-14-20)15-18-7-5-4-6-8-18/h4-10,13-14,16H,11-12,15,17H2,1-3H3. The van der Waals surface area contributed by atoms with Gasteiger partial charge in [-0.25, -0.2) is 15.0 Å². The van der Waals surface area contributed by atoms with Crippen LogP contribution in [0.1, 0.15) is 5.56 Å². The zero-order chi connectivity index (χ0) is 23.7. The summed E-state index contributed by atoms with van der Waals surface area (Å²) in [6.45, 7) is 8.88. The summed E-state index contributed by atoms with van der Waals surface area (Å²) in [5, 5.41) is 1.21. The van der Waals surface area contributed by atoms with Gasteiger partial charge in [0, 0.05) is 44.6 Å². The first-order valence-electron chi connectivity index (χ1n) is 11.3. The maximum atomic E-state index is 6.31. The molecule has 5 rings (SSSR count). The van der Waals surface area contributed by atoms with Crippen LogP contribution in [-0.4, -0.2) is 43.8 Å². The number of rotatable bonds is 8. The van der Waals surface area contributed by atoms with Crippen LogP contribution >= 0.6 is 11.6 Å². The smallest absolute Gasteiger partial charge is 0.225 e. The van der Waals surface area contributed by atoms with Crippen LogP contribution in [0, 0.1) is 0 Å². The summed E-state index contributed by atoms with van der Waals surface area (Å²) >= 11 is 6.31. The fourth-order valence-electron chi connectivity index (χ4n) is 3.87. The number of aromatic nitrogens is 6. The molecule has 0 aliphatic heterocycles. The molecule has 0 saturated heterocycles. The molecule has 0 fully saturated rings. The number of pyridine rings is 1. The molecule has 0 amide bonds. The van der Waals surface area contributed by atoms with Gasteiger partial charge in [-0.2, -0.15) is 4.98 Å². The predicted molar refractivity (Wildman–Crippen MR) is 139 cm³/mol. The van der Waals surface area contributed by atoms with Crippen LogP contribution in [0.2, 0.25) is 31.0 Å². The second-order valence-electron chi connectivity index (χ2n) is 9.64. The molecule has 34 heavy (non-hydrogen) atoms. The quantitative estimate of drug-likeness (QED) is 0.155. The van der Waals surface area contributed by atoms with E-state index in [0.717, 1.165) is 35.8 Å². The highest BCUT2D eigenvalue weighted by Crippen LogP contribution is 2.28. The van der Waals surface area contributed by atoms with Crippen molar-refractivity contribution >= 4 is 41.9 Å². The molecule has 7 nitrogen and oxygen atoms in total. The Hall–Kier alpha value is -3.07. The molecule has 9 heteroatoms. The zero-order valence-electron chi connectivity index (χ0n) is 19.6. The van der Waals surface area contributed by atoms with Gasteiger partial charge in [0.2, 0.25) is 5.28 Å². The zero-order valence-corrected chi connectivity index (χ0v) is 21.3. The molecular weight excluding hydrogens is 464 g/mol. The van der Waals surface area contributed by atoms with Gasteiger partial charge in [-0.3, -0.25) is 4.57 Å². The van der Waals surface area contributed by atoms with E-state index in [1.165, 1.54) is 5.56 Å². The van der Waals surface area contributed by atoms with E-state index < -0.39 is 8.07 Å². The van der Waals surface area contributed by atoms with E-state index in [0.29, 0.717) is 23.6 Å². The number of fused-ring (bicyclic) bond motifs is 2. The molecule has 174 valence electrons. The highest BCUT2D eigenvalue weighted by Gasteiger charge is 2.17. The minimum Gasteiger partial charge on any atom is -0.361 e. The largest absolute Gasteiger partial charge is 0.361 e. The molecule has 0 unspecified atom stereocenters. The third kappa shape index (κ3) is 4.89. The lowest BCUT2D eigenvalue weighted by atomic mass is 10.1. The summed E-state index contributed by atoms with van der Waals surface area (Å²) in [7, 11) is -1.14. The summed E-state index contributed by atoms with van der Waals surface area (Å²) < 4.78 is 9.91. The topological polar surface area (TPSA) is 70.7 Å². The number of imidazole rings is 1. The number of hydrogen-bond acceptors (Lipinski definition) is 5. The summed E-state index contributed by atoms with van der Waals surface area (Å²) in [5.74, 6) is 0. The van der Waals surface area contributed by atoms with Crippen molar-refractivity contribution in [2.45, 2.75) is 39.0 Å². The average Bonchev–Trinajstić information content (AvgIpc) is 3.40. The minimum atomic E-state index is -1.14. The minimum absolute atomic E-state index is 0.174. The van der Waals surface area contributed by atoms with Crippen LogP contribution in [0.25, 0.3) is 33.5 Å². The van der Waals surface area contributed by atoms with Crippen LogP contribution in [0.5, 0.6) is 0 Å². The van der Waals surface area contributed by atoms with Gasteiger partial charge in [0.15, 0.2) is 5.65 Å². The van der Waals surface area contributed by atoms with Crippen molar-refractivity contribution in [1.29, 1.82) is 0 Å². The van der Waals surface area contributed by atoms with Gasteiger partial charge >= 0.3 is 0 Å². The Morgan fingerprint density at radius 1 is 0.971 bits per heavy atom. The molecule has 0 N–H and O–H groups in total. The van der Waals surface area contributed by atoms with Crippen molar-refractivity contribution in [3.8, 4) is 11.3 Å². The average molecular weight is 491 g/mol. The van der Waals surface area contributed by atoms with E-state index >= 15 is 0 Å². The lowest BCUT2D eigenvalue weighted by Gasteiger charge is -2.15. The van der Waals surface area contributed by atoms with Gasteiger partial charge in [0.05, 0.1) is 6.33 Å². The summed E-state index contributed by atoms with van der Waals surface area (Å²) in [6, 6.07) is 15.6. The van der Waals surface area contributed by atoms with Crippen LogP contribution in [0.4, 0.5) is 0 Å². The van der Waals surface area contributed by atoms with Gasteiger partial charge in [0.1, 0.15) is 23.6 Å². The van der Waals surface area contributed by atoms with Gasteiger partial charge in [0.25, 0.3) is 0 Å². The Labute approximate surface area is 204 Å². The Morgan fingerprint density at radius 3 is 2.59 bits per heavy atom. The first kappa shape index (κ1) is 22.7. The van der Waals surface area contributed by atoms with Crippen molar-refractivity contribution in [2.24, 2.45) is 0 Å². The number of nitrogens with zero attached hydrogens (tertiary/aromatic N) is 6. The maximum absolute atomic E-state index is 6.31. The van der Waals surface area contributed by atoms with Gasteiger partial charge < -0.3 is 9.30 Å². The number of hydrogen-bond donors (Lipinski definition) is 0. The Kier molecular flexibility index (Phi) is 6.20. The van der Waals surface area contributed by atoms with Crippen molar-refractivity contribution in [2.75, 3.05) is 6.61 Å². The first-order valence-corrected chi connectivity index (χ1v) is 15.4. The third-order valence-corrected chi connectivity index (χ3v) is 7.61. The van der Waals surface area contributed by atoms with E-state index in [2.05, 4.69) is 69.6 Å². The predicted octanol–water partition coefficient (Wildman–Crippen LogP) is 5.86. The Bertz CT molecular complexity index is 1440. The Balaban J connectivity index is 1.43. The third-order valence-electron chi connectivity index (χ3n) is 5.73. The monoisotopic (exact) mass is 490 g/mol. The van der Waals surface area contributed by atoms with E-state index in [9.17, 15) is 0 Å². The molecule has 5 aromatic rings. The summed E-state index contributed by atoms with van der Waals surface area (Å²) in [4.78, 5) is 18.2. The van der Waals surface area contributed by atoms with Crippen molar-refractivity contribution in [3.63, 3.8) is 0 Å². The molecular formula is C25H27ClN6OSi. The second kappa shape index (κ2) is 9.29. The molecule has 0 atom stereocenters. The van der Waals surface area contributed by atoms with E-state index in [-0.39, 0.29) is 5.28 Å². The lowest BCUT2D eigenvalue weighted by molar-refractivity contribution is 0.0895. The SMILES string of the molecule is C[Si](C)(C)CCOCn1cnc2c(-c3cnc4c(ccn4Cc4ccccc4)c3)nc(Cl)nc21. The molecule has 4 aromatic heterocycles. The molecule has 4 heterocycles. The molecule has 0 spiro atoms. The molecule has 0 bridgehead atoms. The van der Waals surface area contributed by atoms with Crippen molar-refractivity contribution in [1.82, 2.24) is 29.1 Å². The van der Waals surface area contributed by atoms with Crippen LogP contribution in [0.3, 0.4) is 0 Å². The van der Waals surface area contributed by atoms with Crippen LogP contribution in [0.15, 0.2) is 61.2 Å². The fraction of sp³-hybridized carbons (Fsp3) is 0.280. The normalized spacial score (nSPS) is 12.1. The summed E-state index contributed by atoms with van der Waals surface area (Å²) in [6.07, 6.45) is 5.62. The summed E-state index contributed by atoms with van der Waals surface area (Å²) in [5.41, 5.74) is 5.01. The second-order valence-corrected chi connectivity index (χ2v) is 15.6.